The number of nitrogens with one attached hydrogen (secondary N) is 1. The largest absolute Gasteiger partial charge is 0.490 e. The fourth-order valence-electron chi connectivity index (χ4n) is 6.13. The zero-order valence-electron chi connectivity index (χ0n) is 29.3. The van der Waals surface area contributed by atoms with Gasteiger partial charge in [-0.25, -0.2) is 4.99 Å². The van der Waals surface area contributed by atoms with Crippen LogP contribution in [0.4, 0.5) is 0 Å². The Balaban J connectivity index is 1.79. The van der Waals surface area contributed by atoms with Crippen LogP contribution in [0, 0.1) is 40.9 Å². The molecule has 1 aromatic rings. The highest BCUT2D eigenvalue weighted by molar-refractivity contribution is 6.21. The lowest BCUT2D eigenvalue weighted by Gasteiger charge is -2.18. The average molecular weight is 598 g/mol. The van der Waals surface area contributed by atoms with E-state index in [2.05, 4.69) is 60.4 Å². The monoisotopic (exact) mass is 598 g/mol. The second kappa shape index (κ2) is 20.1. The van der Waals surface area contributed by atoms with Crippen molar-refractivity contribution >= 4 is 11.7 Å². The summed E-state index contributed by atoms with van der Waals surface area (Å²) in [6.45, 7) is 20.1. The van der Waals surface area contributed by atoms with Gasteiger partial charge in [-0.15, -0.1) is 0 Å². The van der Waals surface area contributed by atoms with Gasteiger partial charge in [0.15, 0.2) is 17.3 Å². The molecule has 5 nitrogen and oxygen atoms in total. The first kappa shape index (κ1) is 37.1. The van der Waals surface area contributed by atoms with Crippen LogP contribution in [0.25, 0.3) is 0 Å². The topological polar surface area (TPSA) is 80.7 Å². The summed E-state index contributed by atoms with van der Waals surface area (Å²) in [6.07, 6.45) is 17.9. The lowest BCUT2D eigenvalue weighted by Crippen LogP contribution is -2.12. The number of aliphatic imine (C=N–C) groups is 1. The summed E-state index contributed by atoms with van der Waals surface area (Å²) in [4.78, 5) is 4.17. The molecule has 1 aliphatic heterocycles. The van der Waals surface area contributed by atoms with Gasteiger partial charge in [0.2, 0.25) is 0 Å². The standard InChI is InChI=1S/C38H67N3O2/c1-27(2)13-9-15-29(5)17-11-19-31(7)21-23-42-35-25-33-34(38(40)41-37(33)39)26-36(35)43-24-22-32(8)20-12-18-30(6)16-10-14-28(3)4/h25-32H,9-24H2,1-8H3,(H3,39,40,41). The Kier molecular flexibility index (Phi) is 17.3. The molecule has 1 aliphatic rings. The summed E-state index contributed by atoms with van der Waals surface area (Å²) >= 11 is 0. The fraction of sp³-hybridized carbons (Fsp3) is 0.789. The molecule has 0 aromatic heterocycles. The van der Waals surface area contributed by atoms with Gasteiger partial charge in [0, 0.05) is 11.1 Å². The van der Waals surface area contributed by atoms with Gasteiger partial charge in [-0.2, -0.15) is 0 Å². The van der Waals surface area contributed by atoms with Crippen molar-refractivity contribution in [3.63, 3.8) is 0 Å². The molecule has 0 aliphatic carbocycles. The maximum absolute atomic E-state index is 8.23. The third-order valence-electron chi connectivity index (χ3n) is 9.33. The predicted molar refractivity (Wildman–Crippen MR) is 186 cm³/mol. The van der Waals surface area contributed by atoms with Crippen LogP contribution in [-0.2, 0) is 0 Å². The molecule has 0 spiro atoms. The van der Waals surface area contributed by atoms with Crippen LogP contribution in [0.5, 0.6) is 11.5 Å². The maximum Gasteiger partial charge on any atom is 0.161 e. The second-order valence-corrected chi connectivity index (χ2v) is 14.9. The van der Waals surface area contributed by atoms with Crippen molar-refractivity contribution in [3.8, 4) is 11.5 Å². The molecule has 0 fully saturated rings. The van der Waals surface area contributed by atoms with E-state index in [0.29, 0.717) is 36.6 Å². The quantitative estimate of drug-likeness (QED) is 0.124. The Hall–Kier alpha value is -2.04. The molecule has 1 aromatic carbocycles. The second-order valence-electron chi connectivity index (χ2n) is 14.9. The number of nitrogens with zero attached hydrogens (tertiary/aromatic N) is 1. The van der Waals surface area contributed by atoms with Crippen molar-refractivity contribution < 1.29 is 9.47 Å². The number of fused-ring (bicyclic) bond motifs is 1. The molecule has 0 saturated heterocycles. The minimum Gasteiger partial charge on any atom is -0.490 e. The van der Waals surface area contributed by atoms with E-state index in [-0.39, 0.29) is 5.84 Å². The SMILES string of the molecule is CC(C)CCCC(C)CCCC(C)CCOc1cc2c(cc1OCCC(C)CCCC(C)CCCC(C)C)C(N)=NC2=N. The van der Waals surface area contributed by atoms with Crippen LogP contribution in [0.2, 0.25) is 0 Å². The smallest absolute Gasteiger partial charge is 0.161 e. The maximum atomic E-state index is 8.23. The van der Waals surface area contributed by atoms with E-state index in [9.17, 15) is 0 Å². The number of ether oxygens (including phenoxy) is 2. The summed E-state index contributed by atoms with van der Waals surface area (Å²) in [5.41, 5.74) is 7.63. The van der Waals surface area contributed by atoms with Crippen molar-refractivity contribution in [2.45, 2.75) is 145 Å². The number of rotatable bonds is 24. The Morgan fingerprint density at radius 1 is 0.558 bits per heavy atom. The zero-order chi connectivity index (χ0) is 31.8. The molecule has 0 saturated carbocycles. The number of nitrogens with two attached hydrogens (primary N) is 1. The van der Waals surface area contributed by atoms with Crippen LogP contribution >= 0.6 is 0 Å². The minimum atomic E-state index is 0.201. The normalized spacial score (nSPS) is 15.9. The molecule has 0 amide bonds. The van der Waals surface area contributed by atoms with E-state index in [1.54, 1.807) is 0 Å². The van der Waals surface area contributed by atoms with Gasteiger partial charge in [0.1, 0.15) is 5.84 Å². The molecule has 246 valence electrons. The summed E-state index contributed by atoms with van der Waals surface area (Å²) in [5.74, 6) is 6.55. The molecule has 0 radical (unpaired) electrons. The summed E-state index contributed by atoms with van der Waals surface area (Å²) < 4.78 is 12.6. The van der Waals surface area contributed by atoms with Crippen LogP contribution in [0.15, 0.2) is 17.1 Å². The molecule has 4 atom stereocenters. The molecule has 4 unspecified atom stereocenters. The van der Waals surface area contributed by atoms with Crippen molar-refractivity contribution in [1.29, 1.82) is 5.41 Å². The Labute approximate surface area is 265 Å². The molecule has 2 rings (SSSR count). The molecule has 43 heavy (non-hydrogen) atoms. The first-order valence-electron chi connectivity index (χ1n) is 17.8. The Morgan fingerprint density at radius 2 is 0.907 bits per heavy atom. The van der Waals surface area contributed by atoms with E-state index < -0.39 is 0 Å². The molecule has 3 N–H and O–H groups in total. The van der Waals surface area contributed by atoms with Crippen molar-refractivity contribution in [2.24, 2.45) is 46.2 Å². The van der Waals surface area contributed by atoms with Crippen molar-refractivity contribution in [2.75, 3.05) is 13.2 Å². The van der Waals surface area contributed by atoms with Gasteiger partial charge in [-0.3, -0.25) is 5.41 Å². The van der Waals surface area contributed by atoms with Crippen molar-refractivity contribution in [1.82, 2.24) is 0 Å². The van der Waals surface area contributed by atoms with E-state index in [1.165, 1.54) is 77.0 Å². The first-order valence-corrected chi connectivity index (χ1v) is 17.8. The van der Waals surface area contributed by atoms with Crippen LogP contribution < -0.4 is 15.2 Å². The van der Waals surface area contributed by atoms with E-state index >= 15 is 0 Å². The highest BCUT2D eigenvalue weighted by Crippen LogP contribution is 2.34. The predicted octanol–water partition coefficient (Wildman–Crippen LogP) is 10.8. The third-order valence-corrected chi connectivity index (χ3v) is 9.33. The van der Waals surface area contributed by atoms with Gasteiger partial charge in [0.05, 0.1) is 13.2 Å². The van der Waals surface area contributed by atoms with Gasteiger partial charge >= 0.3 is 0 Å². The van der Waals surface area contributed by atoms with Gasteiger partial charge in [-0.05, 0) is 60.5 Å². The van der Waals surface area contributed by atoms with Gasteiger partial charge < -0.3 is 15.2 Å². The molecular weight excluding hydrogens is 530 g/mol. The van der Waals surface area contributed by atoms with Crippen LogP contribution in [0.1, 0.15) is 156 Å². The lowest BCUT2D eigenvalue weighted by molar-refractivity contribution is 0.236. The van der Waals surface area contributed by atoms with Crippen LogP contribution in [0.3, 0.4) is 0 Å². The molecule has 0 bridgehead atoms. The van der Waals surface area contributed by atoms with Crippen LogP contribution in [-0.4, -0.2) is 24.9 Å². The summed E-state index contributed by atoms with van der Waals surface area (Å²) in [7, 11) is 0. The Bertz CT molecular complexity index is 970. The minimum absolute atomic E-state index is 0.201. The highest BCUT2D eigenvalue weighted by atomic mass is 16.5. The van der Waals surface area contributed by atoms with Gasteiger partial charge in [0.25, 0.3) is 0 Å². The molecular formula is C38H67N3O2. The summed E-state index contributed by atoms with van der Waals surface area (Å²) in [6, 6.07) is 3.84. The van der Waals surface area contributed by atoms with E-state index in [4.69, 9.17) is 20.6 Å². The highest BCUT2D eigenvalue weighted by Gasteiger charge is 2.23. The third kappa shape index (κ3) is 15.0. The first-order chi connectivity index (χ1) is 20.5. The average Bonchev–Trinajstić information content (AvgIpc) is 3.20. The zero-order valence-corrected chi connectivity index (χ0v) is 29.3. The lowest BCUT2D eigenvalue weighted by atomic mass is 9.93. The number of hydrogen-bond donors (Lipinski definition) is 2. The number of hydrogen-bond acceptors (Lipinski definition) is 4. The number of benzene rings is 1. The van der Waals surface area contributed by atoms with Crippen molar-refractivity contribution in [3.05, 3.63) is 23.3 Å². The molecule has 1 heterocycles. The van der Waals surface area contributed by atoms with E-state index in [1.807, 2.05) is 12.1 Å². The number of amidine groups is 2. The van der Waals surface area contributed by atoms with E-state index in [0.717, 1.165) is 53.4 Å². The Morgan fingerprint density at radius 3 is 1.30 bits per heavy atom. The fourth-order valence-corrected chi connectivity index (χ4v) is 6.13. The summed E-state index contributed by atoms with van der Waals surface area (Å²) in [5, 5.41) is 8.23. The van der Waals surface area contributed by atoms with Gasteiger partial charge in [-0.1, -0.05) is 132 Å². The molecule has 5 heteroatoms.